The van der Waals surface area contributed by atoms with Crippen LogP contribution >= 0.6 is 0 Å². The zero-order chi connectivity index (χ0) is 20.4. The summed E-state index contributed by atoms with van der Waals surface area (Å²) >= 11 is 0. The highest BCUT2D eigenvalue weighted by molar-refractivity contribution is 6.09. The normalized spacial score (nSPS) is 19.3. The molecule has 2 heterocycles. The Morgan fingerprint density at radius 2 is 2.14 bits per heavy atom. The third-order valence-electron chi connectivity index (χ3n) is 5.83. The number of nitrogens with zero attached hydrogens (tertiary/aromatic N) is 1. The van der Waals surface area contributed by atoms with E-state index >= 15 is 0 Å². The zero-order valence-corrected chi connectivity index (χ0v) is 16.8. The lowest BCUT2D eigenvalue weighted by atomic mass is 9.92. The van der Waals surface area contributed by atoms with Gasteiger partial charge in [0, 0.05) is 67.0 Å². The molecule has 1 atom stereocenters. The highest BCUT2D eigenvalue weighted by atomic mass is 19.1. The van der Waals surface area contributed by atoms with Gasteiger partial charge in [-0.2, -0.15) is 0 Å². The van der Waals surface area contributed by atoms with Crippen molar-refractivity contribution in [3.63, 3.8) is 0 Å². The Labute approximate surface area is 171 Å². The third kappa shape index (κ3) is 3.98. The van der Waals surface area contributed by atoms with Gasteiger partial charge >= 0.3 is 0 Å². The molecule has 3 N–H and O–H groups in total. The Morgan fingerprint density at radius 3 is 2.83 bits per heavy atom. The van der Waals surface area contributed by atoms with Crippen LogP contribution in [0.15, 0.2) is 42.6 Å². The SMILES string of the molecule is CC1CCc2c(ccc(/C(C=N)=C/NC3CNC3)c2Oc2cccc(F)c2)N1C. The Morgan fingerprint density at radius 1 is 1.31 bits per heavy atom. The zero-order valence-electron chi connectivity index (χ0n) is 16.8. The molecular formula is C23H27FN4O. The molecule has 0 amide bonds. The molecule has 1 unspecified atom stereocenters. The number of nitrogens with one attached hydrogen (secondary N) is 3. The monoisotopic (exact) mass is 394 g/mol. The first-order valence-corrected chi connectivity index (χ1v) is 10.1. The topological polar surface area (TPSA) is 60.4 Å². The van der Waals surface area contributed by atoms with Gasteiger partial charge in [0.05, 0.1) is 6.04 Å². The second-order valence-corrected chi connectivity index (χ2v) is 7.76. The number of anilines is 1. The summed E-state index contributed by atoms with van der Waals surface area (Å²) in [7, 11) is 2.09. The molecule has 2 aromatic rings. The summed E-state index contributed by atoms with van der Waals surface area (Å²) in [5, 5.41) is 14.6. The van der Waals surface area contributed by atoms with E-state index in [0.717, 1.165) is 48.3 Å². The summed E-state index contributed by atoms with van der Waals surface area (Å²) in [5.74, 6) is 0.832. The van der Waals surface area contributed by atoms with Crippen molar-refractivity contribution in [1.29, 1.82) is 5.41 Å². The fraction of sp³-hybridized carbons (Fsp3) is 0.348. The summed E-state index contributed by atoms with van der Waals surface area (Å²) in [6.45, 7) is 4.05. The Hall–Kier alpha value is -2.86. The van der Waals surface area contributed by atoms with Crippen molar-refractivity contribution in [2.45, 2.75) is 31.8 Å². The molecule has 5 nitrogen and oxygen atoms in total. The number of allylic oxidation sites excluding steroid dienone is 1. The van der Waals surface area contributed by atoms with Gasteiger partial charge in [0.15, 0.2) is 0 Å². The number of hydrogen-bond acceptors (Lipinski definition) is 5. The minimum Gasteiger partial charge on any atom is -0.456 e. The first-order chi connectivity index (χ1) is 14.1. The average molecular weight is 394 g/mol. The van der Waals surface area contributed by atoms with Gasteiger partial charge in [-0.1, -0.05) is 6.07 Å². The van der Waals surface area contributed by atoms with E-state index in [1.54, 1.807) is 12.1 Å². The van der Waals surface area contributed by atoms with Crippen LogP contribution in [0.4, 0.5) is 10.1 Å². The van der Waals surface area contributed by atoms with Gasteiger partial charge in [-0.25, -0.2) is 4.39 Å². The van der Waals surface area contributed by atoms with Gasteiger partial charge in [-0.3, -0.25) is 0 Å². The van der Waals surface area contributed by atoms with Crippen LogP contribution in [-0.2, 0) is 6.42 Å². The maximum atomic E-state index is 13.8. The van der Waals surface area contributed by atoms with Gasteiger partial charge in [-0.15, -0.1) is 0 Å². The molecule has 0 aliphatic carbocycles. The van der Waals surface area contributed by atoms with Crippen molar-refractivity contribution in [3.8, 4) is 11.5 Å². The van der Waals surface area contributed by atoms with Crippen LogP contribution < -0.4 is 20.3 Å². The molecule has 0 radical (unpaired) electrons. The fourth-order valence-electron chi connectivity index (χ4n) is 3.78. The highest BCUT2D eigenvalue weighted by Crippen LogP contribution is 2.42. The fourth-order valence-corrected chi connectivity index (χ4v) is 3.78. The average Bonchev–Trinajstić information content (AvgIpc) is 2.67. The van der Waals surface area contributed by atoms with E-state index in [1.807, 2.05) is 12.3 Å². The van der Waals surface area contributed by atoms with Crippen LogP contribution in [0.1, 0.15) is 24.5 Å². The summed E-state index contributed by atoms with van der Waals surface area (Å²) in [5.41, 5.74) is 3.81. The summed E-state index contributed by atoms with van der Waals surface area (Å²) < 4.78 is 20.0. The quantitative estimate of drug-likeness (QED) is 0.650. The van der Waals surface area contributed by atoms with E-state index in [0.29, 0.717) is 23.6 Å². The van der Waals surface area contributed by atoms with Crippen molar-refractivity contribution in [3.05, 3.63) is 59.5 Å². The van der Waals surface area contributed by atoms with Gasteiger partial charge < -0.3 is 25.7 Å². The largest absolute Gasteiger partial charge is 0.456 e. The number of rotatable bonds is 6. The summed E-state index contributed by atoms with van der Waals surface area (Å²) in [4.78, 5) is 2.26. The van der Waals surface area contributed by atoms with Crippen molar-refractivity contribution >= 4 is 17.5 Å². The van der Waals surface area contributed by atoms with Gasteiger partial charge in [-0.05, 0) is 44.0 Å². The van der Waals surface area contributed by atoms with E-state index in [9.17, 15) is 4.39 Å². The standard InChI is InChI=1S/C23H27FN4O/c1-15-6-7-21-22(28(15)2)9-8-20(16(11-25)12-27-18-13-26-14-18)23(21)29-19-5-3-4-17(24)10-19/h3-5,8-12,15,18,25-27H,6-7,13-14H2,1-2H3/b16-12+,25-11?. The molecule has 6 heteroatoms. The van der Waals surface area contributed by atoms with E-state index in [1.165, 1.54) is 18.3 Å². The van der Waals surface area contributed by atoms with Gasteiger partial charge in [0.1, 0.15) is 17.3 Å². The Balaban J connectivity index is 1.78. The van der Waals surface area contributed by atoms with Gasteiger partial charge in [0.2, 0.25) is 0 Å². The molecule has 152 valence electrons. The van der Waals surface area contributed by atoms with Crippen molar-refractivity contribution < 1.29 is 9.13 Å². The molecule has 0 spiro atoms. The highest BCUT2D eigenvalue weighted by Gasteiger charge is 2.26. The molecular weight excluding hydrogens is 367 g/mol. The Bertz CT molecular complexity index is 938. The van der Waals surface area contributed by atoms with Gasteiger partial charge in [0.25, 0.3) is 0 Å². The molecule has 0 saturated carbocycles. The van der Waals surface area contributed by atoms with E-state index in [4.69, 9.17) is 10.1 Å². The maximum Gasteiger partial charge on any atom is 0.140 e. The molecule has 2 aliphatic heterocycles. The summed E-state index contributed by atoms with van der Waals surface area (Å²) in [6.07, 6.45) is 5.12. The predicted octanol–water partition coefficient (Wildman–Crippen LogP) is 3.94. The molecule has 29 heavy (non-hydrogen) atoms. The maximum absolute atomic E-state index is 13.8. The minimum absolute atomic E-state index is 0.332. The number of benzene rings is 2. The lowest BCUT2D eigenvalue weighted by molar-refractivity contribution is 0.402. The second kappa shape index (κ2) is 8.25. The summed E-state index contributed by atoms with van der Waals surface area (Å²) in [6, 6.07) is 11.1. The number of fused-ring (bicyclic) bond motifs is 1. The van der Waals surface area contributed by atoms with Crippen molar-refractivity contribution in [2.24, 2.45) is 0 Å². The minimum atomic E-state index is -0.332. The van der Waals surface area contributed by atoms with Crippen LogP contribution in [-0.4, -0.2) is 38.4 Å². The molecule has 0 bridgehead atoms. The second-order valence-electron chi connectivity index (χ2n) is 7.76. The molecule has 0 aromatic heterocycles. The Kier molecular flexibility index (Phi) is 5.53. The number of ether oxygens (including phenoxy) is 1. The lowest BCUT2D eigenvalue weighted by Crippen LogP contribution is -2.53. The van der Waals surface area contributed by atoms with E-state index < -0.39 is 0 Å². The van der Waals surface area contributed by atoms with Crippen LogP contribution in [0.5, 0.6) is 11.5 Å². The van der Waals surface area contributed by atoms with E-state index in [2.05, 4.69) is 35.6 Å². The van der Waals surface area contributed by atoms with Crippen LogP contribution in [0.25, 0.3) is 5.57 Å². The molecule has 1 saturated heterocycles. The molecule has 1 fully saturated rings. The number of halogens is 1. The van der Waals surface area contributed by atoms with Crippen LogP contribution in [0, 0.1) is 11.2 Å². The first kappa shape index (κ1) is 19.5. The third-order valence-corrected chi connectivity index (χ3v) is 5.83. The smallest absolute Gasteiger partial charge is 0.140 e. The van der Waals surface area contributed by atoms with Crippen LogP contribution in [0.2, 0.25) is 0 Å². The predicted molar refractivity (Wildman–Crippen MR) is 116 cm³/mol. The first-order valence-electron chi connectivity index (χ1n) is 10.1. The molecule has 2 aromatic carbocycles. The molecule has 2 aliphatic rings. The van der Waals surface area contributed by atoms with Crippen LogP contribution in [0.3, 0.4) is 0 Å². The van der Waals surface area contributed by atoms with E-state index in [-0.39, 0.29) is 5.82 Å². The number of hydrogen-bond donors (Lipinski definition) is 3. The molecule has 4 rings (SSSR count). The lowest BCUT2D eigenvalue weighted by Gasteiger charge is -2.35. The van der Waals surface area contributed by atoms with Crippen molar-refractivity contribution in [2.75, 3.05) is 25.0 Å². The van der Waals surface area contributed by atoms with Crippen molar-refractivity contribution in [1.82, 2.24) is 10.6 Å².